The molecule has 2 N–H and O–H groups in total. The number of amides is 1. The Balaban J connectivity index is 2.08. The largest absolute Gasteiger partial charge is 0.396 e. The summed E-state index contributed by atoms with van der Waals surface area (Å²) in [7, 11) is 0. The average molecular weight is 255 g/mol. The first-order valence-electron chi connectivity index (χ1n) is 5.99. The first-order chi connectivity index (χ1) is 8.63. The van der Waals surface area contributed by atoms with Crippen molar-refractivity contribution in [2.24, 2.45) is 5.92 Å². The molecule has 1 saturated carbocycles. The standard InChI is InChI=1S/C13H15F2NO2/c14-10-3-1-2-9(12(10)15)13(18)16-11(6-7-17)8-4-5-8/h1-3,8,11,17H,4-7H2,(H,16,18). The highest BCUT2D eigenvalue weighted by atomic mass is 19.2. The molecule has 0 bridgehead atoms. The van der Waals surface area contributed by atoms with E-state index in [1.54, 1.807) is 0 Å². The number of nitrogens with one attached hydrogen (secondary N) is 1. The van der Waals surface area contributed by atoms with Crippen LogP contribution < -0.4 is 5.32 Å². The van der Waals surface area contributed by atoms with E-state index >= 15 is 0 Å². The fraction of sp³-hybridized carbons (Fsp3) is 0.462. The van der Waals surface area contributed by atoms with Gasteiger partial charge in [0.25, 0.3) is 5.91 Å². The number of hydrogen-bond donors (Lipinski definition) is 2. The highest BCUT2D eigenvalue weighted by molar-refractivity contribution is 5.94. The van der Waals surface area contributed by atoms with E-state index in [0.29, 0.717) is 12.3 Å². The number of halogens is 2. The SMILES string of the molecule is O=C(NC(CCO)C1CC1)c1cccc(F)c1F. The van der Waals surface area contributed by atoms with Crippen LogP contribution in [-0.4, -0.2) is 23.7 Å². The Morgan fingerprint density at radius 2 is 2.17 bits per heavy atom. The molecule has 3 nitrogen and oxygen atoms in total. The van der Waals surface area contributed by atoms with E-state index in [2.05, 4.69) is 5.32 Å². The van der Waals surface area contributed by atoms with Crippen LogP contribution in [0.15, 0.2) is 18.2 Å². The summed E-state index contributed by atoms with van der Waals surface area (Å²) < 4.78 is 26.4. The molecule has 1 amide bonds. The summed E-state index contributed by atoms with van der Waals surface area (Å²) in [6, 6.07) is 3.35. The van der Waals surface area contributed by atoms with Gasteiger partial charge in [-0.3, -0.25) is 4.79 Å². The van der Waals surface area contributed by atoms with Gasteiger partial charge in [0, 0.05) is 12.6 Å². The summed E-state index contributed by atoms with van der Waals surface area (Å²) in [5.41, 5.74) is -0.293. The number of carbonyl (C=O) groups is 1. The summed E-state index contributed by atoms with van der Waals surface area (Å²) in [4.78, 5) is 11.8. The summed E-state index contributed by atoms with van der Waals surface area (Å²) in [5.74, 6) is -2.45. The zero-order valence-corrected chi connectivity index (χ0v) is 9.83. The Kier molecular flexibility index (Phi) is 3.91. The minimum absolute atomic E-state index is 0.0346. The van der Waals surface area contributed by atoms with Crippen molar-refractivity contribution in [3.8, 4) is 0 Å². The molecule has 1 unspecified atom stereocenters. The average Bonchev–Trinajstić information content (AvgIpc) is 3.16. The van der Waals surface area contributed by atoms with Crippen molar-refractivity contribution in [2.75, 3.05) is 6.61 Å². The fourth-order valence-electron chi connectivity index (χ4n) is 1.99. The second kappa shape index (κ2) is 5.44. The molecule has 2 rings (SSSR count). The lowest BCUT2D eigenvalue weighted by atomic mass is 10.1. The van der Waals surface area contributed by atoms with Gasteiger partial charge in [-0.1, -0.05) is 6.07 Å². The van der Waals surface area contributed by atoms with Crippen LogP contribution in [0.1, 0.15) is 29.6 Å². The lowest BCUT2D eigenvalue weighted by molar-refractivity contribution is 0.0919. The molecule has 1 aromatic rings. The molecule has 5 heteroatoms. The van der Waals surface area contributed by atoms with Crippen molar-refractivity contribution in [3.05, 3.63) is 35.4 Å². The summed E-state index contributed by atoms with van der Waals surface area (Å²) in [6.45, 7) is -0.0346. The number of hydrogen-bond acceptors (Lipinski definition) is 2. The van der Waals surface area contributed by atoms with Crippen molar-refractivity contribution in [3.63, 3.8) is 0 Å². The Hall–Kier alpha value is -1.49. The maximum atomic E-state index is 13.4. The van der Waals surface area contributed by atoms with Crippen LogP contribution in [-0.2, 0) is 0 Å². The molecule has 1 atom stereocenters. The van der Waals surface area contributed by atoms with Crippen LogP contribution in [0.2, 0.25) is 0 Å². The van der Waals surface area contributed by atoms with Gasteiger partial charge in [0.1, 0.15) is 0 Å². The van der Waals surface area contributed by atoms with Gasteiger partial charge < -0.3 is 10.4 Å². The highest BCUT2D eigenvalue weighted by Gasteiger charge is 2.32. The van der Waals surface area contributed by atoms with Gasteiger partial charge in [-0.15, -0.1) is 0 Å². The Morgan fingerprint density at radius 3 is 2.78 bits per heavy atom. The predicted molar refractivity (Wildman–Crippen MR) is 62.0 cm³/mol. The number of carbonyl (C=O) groups excluding carboxylic acids is 1. The van der Waals surface area contributed by atoms with Crippen molar-refractivity contribution in [1.29, 1.82) is 0 Å². The van der Waals surface area contributed by atoms with Crippen LogP contribution in [0.5, 0.6) is 0 Å². The molecule has 1 fully saturated rings. The van der Waals surface area contributed by atoms with Gasteiger partial charge in [-0.05, 0) is 37.3 Å². The van der Waals surface area contributed by atoms with Crippen LogP contribution in [0.25, 0.3) is 0 Å². The van der Waals surface area contributed by atoms with Gasteiger partial charge in [-0.2, -0.15) is 0 Å². The van der Waals surface area contributed by atoms with E-state index in [1.807, 2.05) is 0 Å². The number of aliphatic hydroxyl groups is 1. The fourth-order valence-corrected chi connectivity index (χ4v) is 1.99. The molecular formula is C13H15F2NO2. The lowest BCUT2D eigenvalue weighted by Gasteiger charge is -2.17. The van der Waals surface area contributed by atoms with E-state index in [0.717, 1.165) is 18.9 Å². The van der Waals surface area contributed by atoms with E-state index < -0.39 is 17.5 Å². The molecule has 0 aromatic heterocycles. The van der Waals surface area contributed by atoms with Crippen molar-refractivity contribution in [2.45, 2.75) is 25.3 Å². The number of rotatable bonds is 5. The van der Waals surface area contributed by atoms with Crippen LogP contribution in [0.4, 0.5) is 8.78 Å². The van der Waals surface area contributed by atoms with Gasteiger partial charge in [0.05, 0.1) is 5.56 Å². The lowest BCUT2D eigenvalue weighted by Crippen LogP contribution is -2.37. The molecule has 0 spiro atoms. The summed E-state index contributed by atoms with van der Waals surface area (Å²) in [6.07, 6.45) is 2.43. The zero-order chi connectivity index (χ0) is 13.1. The van der Waals surface area contributed by atoms with Gasteiger partial charge >= 0.3 is 0 Å². The van der Waals surface area contributed by atoms with Crippen molar-refractivity contribution >= 4 is 5.91 Å². The molecule has 1 aromatic carbocycles. The molecule has 18 heavy (non-hydrogen) atoms. The smallest absolute Gasteiger partial charge is 0.254 e. The third-order valence-corrected chi connectivity index (χ3v) is 3.14. The number of benzene rings is 1. The highest BCUT2D eigenvalue weighted by Crippen LogP contribution is 2.34. The predicted octanol–water partition coefficient (Wildman–Crippen LogP) is 1.86. The second-order valence-corrected chi connectivity index (χ2v) is 4.53. The van der Waals surface area contributed by atoms with E-state index in [-0.39, 0.29) is 18.2 Å². The van der Waals surface area contributed by atoms with Crippen LogP contribution in [0.3, 0.4) is 0 Å². The quantitative estimate of drug-likeness (QED) is 0.843. The minimum atomic E-state index is -1.13. The molecule has 0 radical (unpaired) electrons. The van der Waals surface area contributed by atoms with Gasteiger partial charge in [0.2, 0.25) is 0 Å². The summed E-state index contributed by atoms with van der Waals surface area (Å²) in [5, 5.41) is 11.6. The van der Waals surface area contributed by atoms with Crippen LogP contribution >= 0.6 is 0 Å². The van der Waals surface area contributed by atoms with E-state index in [4.69, 9.17) is 5.11 Å². The Bertz CT molecular complexity index is 447. The first-order valence-corrected chi connectivity index (χ1v) is 5.99. The normalized spacial score (nSPS) is 16.4. The van der Waals surface area contributed by atoms with E-state index in [1.165, 1.54) is 12.1 Å². The maximum Gasteiger partial charge on any atom is 0.254 e. The zero-order valence-electron chi connectivity index (χ0n) is 9.83. The summed E-state index contributed by atoms with van der Waals surface area (Å²) >= 11 is 0. The van der Waals surface area contributed by atoms with E-state index in [9.17, 15) is 13.6 Å². The first kappa shape index (κ1) is 13.0. The molecule has 98 valence electrons. The topological polar surface area (TPSA) is 49.3 Å². The maximum absolute atomic E-state index is 13.4. The monoisotopic (exact) mass is 255 g/mol. The second-order valence-electron chi connectivity index (χ2n) is 4.53. The third kappa shape index (κ3) is 2.85. The van der Waals surface area contributed by atoms with Crippen molar-refractivity contribution in [1.82, 2.24) is 5.32 Å². The molecule has 0 saturated heterocycles. The number of aliphatic hydroxyl groups excluding tert-OH is 1. The Labute approximate surface area is 104 Å². The van der Waals surface area contributed by atoms with Gasteiger partial charge in [0.15, 0.2) is 11.6 Å². The molecule has 0 heterocycles. The third-order valence-electron chi connectivity index (χ3n) is 3.14. The molecule has 1 aliphatic rings. The molecule has 0 aliphatic heterocycles. The minimum Gasteiger partial charge on any atom is -0.396 e. The van der Waals surface area contributed by atoms with Gasteiger partial charge in [-0.25, -0.2) is 8.78 Å². The van der Waals surface area contributed by atoms with Crippen molar-refractivity contribution < 1.29 is 18.7 Å². The Morgan fingerprint density at radius 1 is 1.44 bits per heavy atom. The molecule has 1 aliphatic carbocycles. The molecular weight excluding hydrogens is 240 g/mol. The van der Waals surface area contributed by atoms with Crippen LogP contribution in [0, 0.1) is 17.6 Å².